The Morgan fingerprint density at radius 1 is 0.760 bits per heavy atom. The number of rotatable bonds is 12. The highest BCUT2D eigenvalue weighted by atomic mass is 16.5. The molecule has 3 unspecified atom stereocenters. The molecule has 0 spiro atoms. The van der Waals surface area contributed by atoms with Crippen molar-refractivity contribution in [3.63, 3.8) is 0 Å². The minimum absolute atomic E-state index is 0.131. The summed E-state index contributed by atoms with van der Waals surface area (Å²) in [4.78, 5) is 0. The zero-order valence-corrected chi connectivity index (χ0v) is 17.7. The molecular weight excluding hydrogens is 312 g/mol. The van der Waals surface area contributed by atoms with Gasteiger partial charge >= 0.3 is 0 Å². The fraction of sp³-hybridized carbons (Fsp3) is 1.00. The molecule has 0 aromatic rings. The van der Waals surface area contributed by atoms with Gasteiger partial charge in [0.2, 0.25) is 0 Å². The molecule has 3 heteroatoms. The van der Waals surface area contributed by atoms with E-state index >= 15 is 0 Å². The van der Waals surface area contributed by atoms with Crippen LogP contribution in [0.3, 0.4) is 0 Å². The summed E-state index contributed by atoms with van der Waals surface area (Å²) in [6.07, 6.45) is 7.68. The summed E-state index contributed by atoms with van der Waals surface area (Å²) in [6.45, 7) is 16.0. The first-order chi connectivity index (χ1) is 11.8. The van der Waals surface area contributed by atoms with Gasteiger partial charge in [-0.25, -0.2) is 0 Å². The number of aliphatic hydroxyl groups excluding tert-OH is 1. The van der Waals surface area contributed by atoms with Gasteiger partial charge in [0, 0.05) is 19.8 Å². The second-order valence-electron chi connectivity index (χ2n) is 9.28. The summed E-state index contributed by atoms with van der Waals surface area (Å²) in [5, 5.41) is 9.21. The van der Waals surface area contributed by atoms with E-state index in [1.807, 2.05) is 0 Å². The van der Waals surface area contributed by atoms with Crippen molar-refractivity contribution in [3.05, 3.63) is 0 Å². The molecule has 1 aliphatic rings. The number of ether oxygens (including phenoxy) is 2. The van der Waals surface area contributed by atoms with Gasteiger partial charge in [-0.2, -0.15) is 0 Å². The van der Waals surface area contributed by atoms with E-state index < -0.39 is 0 Å². The molecule has 25 heavy (non-hydrogen) atoms. The molecule has 0 aromatic heterocycles. The van der Waals surface area contributed by atoms with E-state index in [1.165, 1.54) is 38.5 Å². The average molecular weight is 357 g/mol. The predicted molar refractivity (Wildman–Crippen MR) is 106 cm³/mol. The molecule has 1 N–H and O–H groups in total. The Balaban J connectivity index is 2.36. The lowest BCUT2D eigenvalue weighted by Gasteiger charge is -2.40. The van der Waals surface area contributed by atoms with E-state index in [1.54, 1.807) is 0 Å². The summed E-state index contributed by atoms with van der Waals surface area (Å²) in [7, 11) is 0. The third-order valence-electron chi connectivity index (χ3n) is 6.19. The summed E-state index contributed by atoms with van der Waals surface area (Å²) in [5.74, 6) is 2.41. The smallest absolute Gasteiger partial charge is 0.0685 e. The van der Waals surface area contributed by atoms with Crippen LogP contribution in [0.25, 0.3) is 0 Å². The van der Waals surface area contributed by atoms with E-state index in [0.717, 1.165) is 19.8 Å². The molecule has 0 radical (unpaired) electrons. The third kappa shape index (κ3) is 8.41. The molecule has 1 saturated carbocycles. The van der Waals surface area contributed by atoms with Crippen molar-refractivity contribution in [1.82, 2.24) is 0 Å². The fourth-order valence-corrected chi connectivity index (χ4v) is 3.77. The fourth-order valence-electron chi connectivity index (χ4n) is 3.77. The first-order valence-corrected chi connectivity index (χ1v) is 10.6. The Kier molecular flexibility index (Phi) is 10.6. The maximum absolute atomic E-state index is 9.21. The highest BCUT2D eigenvalue weighted by Crippen LogP contribution is 2.37. The zero-order valence-electron chi connectivity index (χ0n) is 17.7. The Labute approximate surface area is 156 Å². The number of hydrogen-bond acceptors (Lipinski definition) is 3. The molecule has 1 aliphatic carbocycles. The SMILES string of the molecule is CC(C)CC1(OCC(C)C(C)COCC(C)[C@H](C)CO)CCCCC1. The second kappa shape index (κ2) is 11.6. The van der Waals surface area contributed by atoms with Crippen LogP contribution in [-0.4, -0.2) is 37.1 Å². The van der Waals surface area contributed by atoms with Gasteiger partial charge in [0.15, 0.2) is 0 Å². The van der Waals surface area contributed by atoms with Gasteiger partial charge in [0.05, 0.1) is 12.2 Å². The van der Waals surface area contributed by atoms with Crippen LogP contribution in [0.1, 0.15) is 80.1 Å². The molecule has 3 nitrogen and oxygen atoms in total. The summed E-state index contributed by atoms with van der Waals surface area (Å²) in [5.41, 5.74) is 0.131. The Bertz CT molecular complexity index is 336. The highest BCUT2D eigenvalue weighted by Gasteiger charge is 2.34. The van der Waals surface area contributed by atoms with Crippen molar-refractivity contribution in [2.45, 2.75) is 85.7 Å². The van der Waals surface area contributed by atoms with Crippen LogP contribution >= 0.6 is 0 Å². The van der Waals surface area contributed by atoms with E-state index in [0.29, 0.717) is 29.6 Å². The van der Waals surface area contributed by atoms with Gasteiger partial charge in [0.25, 0.3) is 0 Å². The van der Waals surface area contributed by atoms with Crippen molar-refractivity contribution in [2.24, 2.45) is 29.6 Å². The molecule has 0 aromatic carbocycles. The minimum atomic E-state index is 0.131. The van der Waals surface area contributed by atoms with Crippen molar-refractivity contribution >= 4 is 0 Å². The van der Waals surface area contributed by atoms with Crippen LogP contribution < -0.4 is 0 Å². The van der Waals surface area contributed by atoms with Crippen LogP contribution in [0.2, 0.25) is 0 Å². The Morgan fingerprint density at radius 2 is 1.28 bits per heavy atom. The number of aliphatic hydroxyl groups is 1. The van der Waals surface area contributed by atoms with E-state index in [2.05, 4.69) is 41.5 Å². The molecule has 150 valence electrons. The van der Waals surface area contributed by atoms with Crippen LogP contribution in [0.15, 0.2) is 0 Å². The minimum Gasteiger partial charge on any atom is -0.396 e. The predicted octanol–water partition coefficient (Wildman–Crippen LogP) is 5.31. The van der Waals surface area contributed by atoms with Crippen molar-refractivity contribution < 1.29 is 14.6 Å². The summed E-state index contributed by atoms with van der Waals surface area (Å²) in [6, 6.07) is 0. The molecule has 0 saturated heterocycles. The molecule has 0 amide bonds. The molecule has 1 fully saturated rings. The number of hydrogen-bond donors (Lipinski definition) is 1. The largest absolute Gasteiger partial charge is 0.396 e. The summed E-state index contributed by atoms with van der Waals surface area (Å²) >= 11 is 0. The molecule has 0 heterocycles. The van der Waals surface area contributed by atoms with Gasteiger partial charge < -0.3 is 14.6 Å². The van der Waals surface area contributed by atoms with Crippen molar-refractivity contribution in [1.29, 1.82) is 0 Å². The van der Waals surface area contributed by atoms with Crippen molar-refractivity contribution in [3.8, 4) is 0 Å². The lowest BCUT2D eigenvalue weighted by molar-refractivity contribution is -0.101. The van der Waals surface area contributed by atoms with E-state index in [4.69, 9.17) is 9.47 Å². The molecule has 0 bridgehead atoms. The average Bonchev–Trinajstić information content (AvgIpc) is 2.58. The van der Waals surface area contributed by atoms with Gasteiger partial charge in [-0.15, -0.1) is 0 Å². The Hall–Kier alpha value is -0.120. The lowest BCUT2D eigenvalue weighted by Crippen LogP contribution is -2.38. The molecule has 0 aliphatic heterocycles. The van der Waals surface area contributed by atoms with Crippen LogP contribution in [0, 0.1) is 29.6 Å². The van der Waals surface area contributed by atoms with Gasteiger partial charge in [0.1, 0.15) is 0 Å². The topological polar surface area (TPSA) is 38.7 Å². The van der Waals surface area contributed by atoms with Crippen molar-refractivity contribution in [2.75, 3.05) is 26.4 Å². The first-order valence-electron chi connectivity index (χ1n) is 10.6. The third-order valence-corrected chi connectivity index (χ3v) is 6.19. The summed E-state index contributed by atoms with van der Waals surface area (Å²) < 4.78 is 12.5. The van der Waals surface area contributed by atoms with E-state index in [-0.39, 0.29) is 12.2 Å². The Morgan fingerprint density at radius 3 is 1.80 bits per heavy atom. The molecule has 4 atom stereocenters. The second-order valence-corrected chi connectivity index (χ2v) is 9.28. The zero-order chi connectivity index (χ0) is 18.9. The quantitative estimate of drug-likeness (QED) is 0.515. The van der Waals surface area contributed by atoms with Crippen LogP contribution in [0.4, 0.5) is 0 Å². The van der Waals surface area contributed by atoms with Gasteiger partial charge in [-0.1, -0.05) is 60.8 Å². The van der Waals surface area contributed by atoms with E-state index in [9.17, 15) is 5.11 Å². The van der Waals surface area contributed by atoms with Gasteiger partial charge in [-0.05, 0) is 48.9 Å². The monoisotopic (exact) mass is 356 g/mol. The molecule has 1 rings (SSSR count). The van der Waals surface area contributed by atoms with Crippen LogP contribution in [-0.2, 0) is 9.47 Å². The maximum Gasteiger partial charge on any atom is 0.0685 e. The highest BCUT2D eigenvalue weighted by molar-refractivity contribution is 4.86. The molecular formula is C22H44O3. The first kappa shape index (κ1) is 22.9. The maximum atomic E-state index is 9.21. The lowest BCUT2D eigenvalue weighted by atomic mass is 9.79. The standard InChI is InChI=1S/C22H44O3/c1-17(2)12-22(10-8-7-9-11-22)25-16-21(6)20(5)15-24-14-19(4)18(3)13-23/h17-21,23H,7-16H2,1-6H3/t18-,19?,20?,21?/m1/s1. The normalized spacial score (nSPS) is 22.6. The van der Waals surface area contributed by atoms with Gasteiger partial charge in [-0.3, -0.25) is 0 Å². The van der Waals surface area contributed by atoms with Crippen LogP contribution in [0.5, 0.6) is 0 Å².